The number of rotatable bonds is 5. The van der Waals surface area contributed by atoms with Crippen molar-refractivity contribution in [3.05, 3.63) is 53.5 Å². The summed E-state index contributed by atoms with van der Waals surface area (Å²) in [4.78, 5) is 14.7. The van der Waals surface area contributed by atoms with Crippen LogP contribution in [0.5, 0.6) is 0 Å². The topological polar surface area (TPSA) is 71.5 Å². The number of nitrogens with zero attached hydrogens (tertiary/aromatic N) is 1. The Morgan fingerprint density at radius 3 is 2.60 bits per heavy atom. The highest BCUT2D eigenvalue weighted by Crippen LogP contribution is 2.17. The number of carbonyl (C=O) groups excluding carboxylic acids is 1. The molecule has 0 spiro atoms. The van der Waals surface area contributed by atoms with Gasteiger partial charge in [0.15, 0.2) is 0 Å². The van der Waals surface area contributed by atoms with E-state index in [1.54, 1.807) is 6.07 Å². The summed E-state index contributed by atoms with van der Waals surface area (Å²) in [5, 5.41) is 2.92. The van der Waals surface area contributed by atoms with Crippen molar-refractivity contribution in [2.24, 2.45) is 5.73 Å². The number of anilines is 1. The molecule has 1 saturated heterocycles. The first-order valence-electron chi connectivity index (χ1n) is 8.15. The normalized spacial score (nSPS) is 14.3. The Kier molecular flexibility index (Phi) is 9.00. The van der Waals surface area contributed by atoms with Gasteiger partial charge in [0, 0.05) is 12.2 Å². The Hall–Kier alpha value is -1.53. The van der Waals surface area contributed by atoms with Gasteiger partial charge in [-0.25, -0.2) is 0 Å². The van der Waals surface area contributed by atoms with Crippen LogP contribution in [0, 0.1) is 0 Å². The second-order valence-corrected chi connectivity index (χ2v) is 6.00. The number of hydrogen-bond donors (Lipinski definition) is 2. The van der Waals surface area contributed by atoms with Gasteiger partial charge >= 0.3 is 0 Å². The number of benzene rings is 1. The first-order valence-corrected chi connectivity index (χ1v) is 8.15. The van der Waals surface area contributed by atoms with Crippen LogP contribution in [0.1, 0.15) is 40.9 Å². The summed E-state index contributed by atoms with van der Waals surface area (Å²) >= 11 is 0. The van der Waals surface area contributed by atoms with Crippen LogP contribution in [0.3, 0.4) is 0 Å². The number of amides is 1. The standard InChI is InChI=1S/C18H23N3O2.2ClH/c19-11-17-10-15(13-23-17)18(22)20-16-6-4-5-14(9-16)12-21-7-2-1-3-8-21;;/h4-6,9-10,13H,1-3,7-8,11-12,19H2,(H,20,22);2*1H. The maximum Gasteiger partial charge on any atom is 0.258 e. The average molecular weight is 386 g/mol. The fraction of sp³-hybridized carbons (Fsp3) is 0.389. The Bertz CT molecular complexity index is 670. The molecular formula is C18H25Cl2N3O2. The zero-order valence-electron chi connectivity index (χ0n) is 14.1. The molecule has 5 nitrogen and oxygen atoms in total. The van der Waals surface area contributed by atoms with Crippen LogP contribution < -0.4 is 11.1 Å². The van der Waals surface area contributed by atoms with Gasteiger partial charge in [0.1, 0.15) is 12.0 Å². The lowest BCUT2D eigenvalue weighted by Gasteiger charge is -2.26. The SMILES string of the molecule is Cl.Cl.NCc1cc(C(=O)Nc2cccc(CN3CCCCC3)c2)co1. The van der Waals surface area contributed by atoms with E-state index in [9.17, 15) is 4.79 Å². The Morgan fingerprint density at radius 2 is 1.92 bits per heavy atom. The number of nitrogens with two attached hydrogens (primary N) is 1. The summed E-state index contributed by atoms with van der Waals surface area (Å²) < 4.78 is 5.20. The maximum absolute atomic E-state index is 12.2. The number of nitrogens with one attached hydrogen (secondary N) is 1. The monoisotopic (exact) mass is 385 g/mol. The van der Waals surface area contributed by atoms with Gasteiger partial charge in [-0.05, 0) is 49.7 Å². The van der Waals surface area contributed by atoms with Crippen molar-refractivity contribution in [3.63, 3.8) is 0 Å². The third-order valence-corrected chi connectivity index (χ3v) is 4.16. The molecule has 1 aromatic carbocycles. The minimum Gasteiger partial charge on any atom is -0.467 e. The van der Waals surface area contributed by atoms with Gasteiger partial charge in [-0.3, -0.25) is 9.69 Å². The first-order chi connectivity index (χ1) is 11.2. The molecule has 0 aliphatic carbocycles. The van der Waals surface area contributed by atoms with Gasteiger partial charge in [-0.15, -0.1) is 24.8 Å². The molecule has 138 valence electrons. The van der Waals surface area contributed by atoms with Crippen molar-refractivity contribution < 1.29 is 9.21 Å². The smallest absolute Gasteiger partial charge is 0.258 e. The highest BCUT2D eigenvalue weighted by atomic mass is 35.5. The first kappa shape index (κ1) is 21.5. The highest BCUT2D eigenvalue weighted by molar-refractivity contribution is 6.04. The van der Waals surface area contributed by atoms with E-state index in [2.05, 4.69) is 16.3 Å². The number of carbonyl (C=O) groups is 1. The third-order valence-electron chi connectivity index (χ3n) is 4.16. The van der Waals surface area contributed by atoms with Crippen molar-refractivity contribution in [2.75, 3.05) is 18.4 Å². The van der Waals surface area contributed by atoms with Crippen molar-refractivity contribution in [1.82, 2.24) is 4.90 Å². The van der Waals surface area contributed by atoms with Gasteiger partial charge in [-0.1, -0.05) is 18.6 Å². The van der Waals surface area contributed by atoms with Gasteiger partial charge in [0.2, 0.25) is 0 Å². The van der Waals surface area contributed by atoms with Gasteiger partial charge in [-0.2, -0.15) is 0 Å². The van der Waals surface area contributed by atoms with E-state index in [1.165, 1.54) is 31.1 Å². The summed E-state index contributed by atoms with van der Waals surface area (Å²) in [6.45, 7) is 3.55. The van der Waals surface area contributed by atoms with E-state index in [1.807, 2.05) is 18.2 Å². The molecule has 25 heavy (non-hydrogen) atoms. The molecule has 0 radical (unpaired) electrons. The highest BCUT2D eigenvalue weighted by Gasteiger charge is 2.12. The molecule has 3 rings (SSSR count). The Morgan fingerprint density at radius 1 is 1.16 bits per heavy atom. The molecule has 1 aliphatic heterocycles. The van der Waals surface area contributed by atoms with E-state index in [4.69, 9.17) is 10.2 Å². The molecule has 1 amide bonds. The van der Waals surface area contributed by atoms with Gasteiger partial charge in [0.05, 0.1) is 12.1 Å². The summed E-state index contributed by atoms with van der Waals surface area (Å²) in [6, 6.07) is 9.70. The second-order valence-electron chi connectivity index (χ2n) is 6.00. The minimum absolute atomic E-state index is 0. The van der Waals surface area contributed by atoms with Crippen molar-refractivity contribution >= 4 is 36.4 Å². The molecule has 0 saturated carbocycles. The van der Waals surface area contributed by atoms with Crippen LogP contribution >= 0.6 is 24.8 Å². The van der Waals surface area contributed by atoms with E-state index >= 15 is 0 Å². The lowest BCUT2D eigenvalue weighted by Crippen LogP contribution is -2.29. The summed E-state index contributed by atoms with van der Waals surface area (Å²) in [5.74, 6) is 0.428. The van der Waals surface area contributed by atoms with E-state index < -0.39 is 0 Å². The predicted molar refractivity (Wildman–Crippen MR) is 105 cm³/mol. The van der Waals surface area contributed by atoms with Crippen LogP contribution in [0.2, 0.25) is 0 Å². The molecule has 0 bridgehead atoms. The quantitative estimate of drug-likeness (QED) is 0.820. The molecule has 2 aromatic rings. The zero-order chi connectivity index (χ0) is 16.1. The molecular weight excluding hydrogens is 361 g/mol. The summed E-state index contributed by atoms with van der Waals surface area (Å²) in [5.41, 5.74) is 8.01. The summed E-state index contributed by atoms with van der Waals surface area (Å²) in [6.07, 6.45) is 5.33. The maximum atomic E-state index is 12.2. The van der Waals surface area contributed by atoms with Crippen LogP contribution in [-0.2, 0) is 13.1 Å². The van der Waals surface area contributed by atoms with Crippen LogP contribution in [0.15, 0.2) is 41.0 Å². The Labute approximate surface area is 160 Å². The van der Waals surface area contributed by atoms with Crippen LogP contribution in [0.4, 0.5) is 5.69 Å². The molecule has 0 atom stereocenters. The summed E-state index contributed by atoms with van der Waals surface area (Å²) in [7, 11) is 0. The Balaban J connectivity index is 0.00000156. The lowest BCUT2D eigenvalue weighted by molar-refractivity contribution is 0.102. The lowest BCUT2D eigenvalue weighted by atomic mass is 10.1. The fourth-order valence-corrected chi connectivity index (χ4v) is 2.93. The van der Waals surface area contributed by atoms with Crippen molar-refractivity contribution in [3.8, 4) is 0 Å². The van der Waals surface area contributed by atoms with Crippen molar-refractivity contribution in [2.45, 2.75) is 32.4 Å². The number of furan rings is 1. The molecule has 1 fully saturated rings. The number of piperidine rings is 1. The number of likely N-dealkylation sites (tertiary alicyclic amines) is 1. The molecule has 0 unspecified atom stereocenters. The fourth-order valence-electron chi connectivity index (χ4n) is 2.93. The van der Waals surface area contributed by atoms with Crippen LogP contribution in [0.25, 0.3) is 0 Å². The van der Waals surface area contributed by atoms with Gasteiger partial charge in [0.25, 0.3) is 5.91 Å². The molecule has 1 aliphatic rings. The van der Waals surface area contributed by atoms with E-state index in [-0.39, 0.29) is 30.7 Å². The minimum atomic E-state index is -0.177. The predicted octanol–water partition coefficient (Wildman–Crippen LogP) is 3.82. The third kappa shape index (κ3) is 6.04. The molecule has 3 N–H and O–H groups in total. The molecule has 7 heteroatoms. The second kappa shape index (κ2) is 10.5. The zero-order valence-corrected chi connectivity index (χ0v) is 15.7. The van der Waals surface area contributed by atoms with E-state index in [0.29, 0.717) is 17.9 Å². The number of hydrogen-bond acceptors (Lipinski definition) is 4. The average Bonchev–Trinajstić information content (AvgIpc) is 3.05. The van der Waals surface area contributed by atoms with Crippen LogP contribution in [-0.4, -0.2) is 23.9 Å². The molecule has 2 heterocycles. The number of halogens is 2. The molecule has 1 aromatic heterocycles. The van der Waals surface area contributed by atoms with E-state index in [0.717, 1.165) is 25.3 Å². The van der Waals surface area contributed by atoms with Gasteiger partial charge < -0.3 is 15.5 Å². The largest absolute Gasteiger partial charge is 0.467 e. The van der Waals surface area contributed by atoms with Crippen molar-refractivity contribution in [1.29, 1.82) is 0 Å².